The summed E-state index contributed by atoms with van der Waals surface area (Å²) in [6.07, 6.45) is 0.822. The highest BCUT2D eigenvalue weighted by molar-refractivity contribution is 6.06. The number of halogens is 1. The largest absolute Gasteiger partial charge is 0.352 e. The molecule has 0 radical (unpaired) electrons. The van der Waals surface area contributed by atoms with E-state index in [4.69, 9.17) is 4.52 Å². The third kappa shape index (κ3) is 2.79. The first-order chi connectivity index (χ1) is 11.1. The monoisotopic (exact) mass is 313 g/mol. The SMILES string of the molecule is CCCNC(=O)c1cc(-c2ccccc2F)nc2onc(C)c12. The molecule has 1 N–H and O–H groups in total. The maximum Gasteiger partial charge on any atom is 0.259 e. The van der Waals surface area contributed by atoms with Crippen LogP contribution in [-0.2, 0) is 0 Å². The smallest absolute Gasteiger partial charge is 0.259 e. The second-order valence-corrected chi connectivity index (χ2v) is 5.24. The molecule has 0 aliphatic carbocycles. The molecule has 118 valence electrons. The molecule has 1 amide bonds. The zero-order valence-electron chi connectivity index (χ0n) is 12.9. The summed E-state index contributed by atoms with van der Waals surface area (Å²) in [6, 6.07) is 7.86. The van der Waals surface area contributed by atoms with E-state index in [2.05, 4.69) is 15.5 Å². The molecule has 2 heterocycles. The van der Waals surface area contributed by atoms with E-state index < -0.39 is 5.82 Å². The topological polar surface area (TPSA) is 68.0 Å². The van der Waals surface area contributed by atoms with Crippen molar-refractivity contribution in [3.63, 3.8) is 0 Å². The molecule has 3 rings (SSSR count). The van der Waals surface area contributed by atoms with Gasteiger partial charge in [-0.05, 0) is 31.5 Å². The first-order valence-corrected chi connectivity index (χ1v) is 7.42. The number of benzene rings is 1. The van der Waals surface area contributed by atoms with Gasteiger partial charge in [0.15, 0.2) is 0 Å². The van der Waals surface area contributed by atoms with Gasteiger partial charge in [0, 0.05) is 12.1 Å². The van der Waals surface area contributed by atoms with Crippen LogP contribution in [0.4, 0.5) is 4.39 Å². The fourth-order valence-electron chi connectivity index (χ4n) is 2.41. The zero-order valence-corrected chi connectivity index (χ0v) is 12.9. The molecule has 0 saturated heterocycles. The number of aryl methyl sites for hydroxylation is 1. The van der Waals surface area contributed by atoms with Gasteiger partial charge in [0.2, 0.25) is 0 Å². The molecule has 0 fully saturated rings. The van der Waals surface area contributed by atoms with Crippen molar-refractivity contribution < 1.29 is 13.7 Å². The summed E-state index contributed by atoms with van der Waals surface area (Å²) in [5.41, 5.74) is 1.85. The number of aromatic nitrogens is 2. The van der Waals surface area contributed by atoms with Gasteiger partial charge >= 0.3 is 0 Å². The summed E-state index contributed by atoms with van der Waals surface area (Å²) in [5.74, 6) is -0.654. The number of carbonyl (C=O) groups excluding carboxylic acids is 1. The summed E-state index contributed by atoms with van der Waals surface area (Å²) in [5, 5.41) is 7.24. The van der Waals surface area contributed by atoms with Crippen molar-refractivity contribution >= 4 is 17.0 Å². The van der Waals surface area contributed by atoms with Gasteiger partial charge in [-0.3, -0.25) is 4.79 Å². The molecule has 0 spiro atoms. The number of carbonyl (C=O) groups is 1. The van der Waals surface area contributed by atoms with Crippen LogP contribution in [0.1, 0.15) is 29.4 Å². The minimum Gasteiger partial charge on any atom is -0.352 e. The van der Waals surface area contributed by atoms with Crippen molar-refractivity contribution in [3.05, 3.63) is 47.4 Å². The molecule has 5 nitrogen and oxygen atoms in total. The van der Waals surface area contributed by atoms with Gasteiger partial charge in [0.05, 0.1) is 22.3 Å². The van der Waals surface area contributed by atoms with Crippen LogP contribution in [0.25, 0.3) is 22.4 Å². The lowest BCUT2D eigenvalue weighted by Gasteiger charge is -2.08. The van der Waals surface area contributed by atoms with Crippen molar-refractivity contribution in [2.45, 2.75) is 20.3 Å². The summed E-state index contributed by atoms with van der Waals surface area (Å²) >= 11 is 0. The Labute approximate surface area is 132 Å². The van der Waals surface area contributed by atoms with Gasteiger partial charge in [0.1, 0.15) is 5.82 Å². The molecule has 0 atom stereocenters. The van der Waals surface area contributed by atoms with Crippen molar-refractivity contribution in [1.29, 1.82) is 0 Å². The number of nitrogens with one attached hydrogen (secondary N) is 1. The van der Waals surface area contributed by atoms with Crippen molar-refractivity contribution in [3.8, 4) is 11.3 Å². The summed E-state index contributed by atoms with van der Waals surface area (Å²) in [6.45, 7) is 4.27. The second kappa shape index (κ2) is 6.16. The minimum atomic E-state index is -0.407. The van der Waals surface area contributed by atoms with Crippen molar-refractivity contribution in [1.82, 2.24) is 15.5 Å². The van der Waals surface area contributed by atoms with E-state index in [0.29, 0.717) is 34.4 Å². The predicted molar refractivity (Wildman–Crippen MR) is 84.6 cm³/mol. The molecule has 0 bridgehead atoms. The maximum absolute atomic E-state index is 14.0. The highest BCUT2D eigenvalue weighted by atomic mass is 19.1. The van der Waals surface area contributed by atoms with Crippen LogP contribution in [0.2, 0.25) is 0 Å². The minimum absolute atomic E-state index is 0.227. The highest BCUT2D eigenvalue weighted by Crippen LogP contribution is 2.28. The number of pyridine rings is 1. The van der Waals surface area contributed by atoms with Crippen LogP contribution in [0.5, 0.6) is 0 Å². The van der Waals surface area contributed by atoms with Crippen LogP contribution in [0, 0.1) is 12.7 Å². The Bertz CT molecular complexity index is 873. The lowest BCUT2D eigenvalue weighted by molar-refractivity contribution is 0.0955. The van der Waals surface area contributed by atoms with E-state index >= 15 is 0 Å². The van der Waals surface area contributed by atoms with Gasteiger partial charge in [-0.25, -0.2) is 9.37 Å². The standard InChI is InChI=1S/C17H16FN3O2/c1-3-8-19-16(22)12-9-14(11-6-4-5-7-13(11)18)20-17-15(12)10(2)21-23-17/h4-7,9H,3,8H2,1-2H3,(H,19,22). The molecule has 2 aromatic heterocycles. The molecule has 0 unspecified atom stereocenters. The fourth-order valence-corrected chi connectivity index (χ4v) is 2.41. The molecule has 6 heteroatoms. The Morgan fingerprint density at radius 1 is 1.35 bits per heavy atom. The molecular weight excluding hydrogens is 297 g/mol. The third-order valence-corrected chi connectivity index (χ3v) is 3.55. The molecule has 0 aliphatic heterocycles. The third-order valence-electron chi connectivity index (χ3n) is 3.55. The molecular formula is C17H16FN3O2. The summed E-state index contributed by atoms with van der Waals surface area (Å²) in [7, 11) is 0. The van der Waals surface area contributed by atoms with Gasteiger partial charge < -0.3 is 9.84 Å². The summed E-state index contributed by atoms with van der Waals surface area (Å²) < 4.78 is 19.2. The highest BCUT2D eigenvalue weighted by Gasteiger charge is 2.20. The van der Waals surface area contributed by atoms with E-state index in [1.807, 2.05) is 6.92 Å². The number of hydrogen-bond donors (Lipinski definition) is 1. The number of hydrogen-bond acceptors (Lipinski definition) is 4. The number of amides is 1. The molecule has 1 aromatic carbocycles. The van der Waals surface area contributed by atoms with Crippen LogP contribution < -0.4 is 5.32 Å². The molecule has 0 aliphatic rings. The Kier molecular flexibility index (Phi) is 4.06. The Hall–Kier alpha value is -2.76. The normalized spacial score (nSPS) is 10.9. The Balaban J connectivity index is 2.19. The average Bonchev–Trinajstić information content (AvgIpc) is 2.93. The predicted octanol–water partition coefficient (Wildman–Crippen LogP) is 3.48. The molecule has 0 saturated carbocycles. The van der Waals surface area contributed by atoms with Crippen LogP contribution >= 0.6 is 0 Å². The van der Waals surface area contributed by atoms with Gasteiger partial charge in [-0.1, -0.05) is 24.2 Å². The van der Waals surface area contributed by atoms with Crippen LogP contribution in [0.15, 0.2) is 34.9 Å². The zero-order chi connectivity index (χ0) is 16.4. The number of nitrogens with zero attached hydrogens (tertiary/aromatic N) is 2. The van der Waals surface area contributed by atoms with E-state index in [0.717, 1.165) is 6.42 Å². The van der Waals surface area contributed by atoms with Gasteiger partial charge in [-0.15, -0.1) is 0 Å². The molecule has 23 heavy (non-hydrogen) atoms. The van der Waals surface area contributed by atoms with E-state index in [-0.39, 0.29) is 11.6 Å². The lowest BCUT2D eigenvalue weighted by Crippen LogP contribution is -2.24. The van der Waals surface area contributed by atoms with E-state index in [9.17, 15) is 9.18 Å². The average molecular weight is 313 g/mol. The number of rotatable bonds is 4. The first-order valence-electron chi connectivity index (χ1n) is 7.42. The van der Waals surface area contributed by atoms with Crippen LogP contribution in [0.3, 0.4) is 0 Å². The fraction of sp³-hybridized carbons (Fsp3) is 0.235. The summed E-state index contributed by atoms with van der Waals surface area (Å²) in [4.78, 5) is 16.7. The quantitative estimate of drug-likeness (QED) is 0.800. The van der Waals surface area contributed by atoms with Crippen molar-refractivity contribution in [2.24, 2.45) is 0 Å². The van der Waals surface area contributed by atoms with E-state index in [1.165, 1.54) is 6.07 Å². The van der Waals surface area contributed by atoms with Crippen molar-refractivity contribution in [2.75, 3.05) is 6.54 Å². The van der Waals surface area contributed by atoms with Crippen LogP contribution in [-0.4, -0.2) is 22.6 Å². The lowest BCUT2D eigenvalue weighted by atomic mass is 10.0. The Morgan fingerprint density at radius 2 is 2.13 bits per heavy atom. The Morgan fingerprint density at radius 3 is 2.87 bits per heavy atom. The number of fused-ring (bicyclic) bond motifs is 1. The van der Waals surface area contributed by atoms with Gasteiger partial charge in [0.25, 0.3) is 11.6 Å². The maximum atomic E-state index is 14.0. The molecule has 3 aromatic rings. The second-order valence-electron chi connectivity index (χ2n) is 5.24. The van der Waals surface area contributed by atoms with E-state index in [1.54, 1.807) is 31.2 Å². The first kappa shape index (κ1) is 15.1. The van der Waals surface area contributed by atoms with Gasteiger partial charge in [-0.2, -0.15) is 0 Å².